The van der Waals surface area contributed by atoms with E-state index in [1.165, 1.54) is 37.4 Å². The molecule has 2 rings (SSSR count). The number of benzene rings is 2. The lowest BCUT2D eigenvalue weighted by Crippen LogP contribution is -2.11. The minimum atomic E-state index is -0.531. The first-order chi connectivity index (χ1) is 9.52. The van der Waals surface area contributed by atoms with Gasteiger partial charge in [-0.2, -0.15) is 0 Å². The van der Waals surface area contributed by atoms with Gasteiger partial charge in [0.15, 0.2) is 0 Å². The molecule has 0 N–H and O–H groups in total. The van der Waals surface area contributed by atoms with E-state index in [0.717, 1.165) is 0 Å². The fraction of sp³-hybridized carbons (Fsp3) is 0.188. The van der Waals surface area contributed by atoms with Gasteiger partial charge >= 0.3 is 5.97 Å². The third-order valence-corrected chi connectivity index (χ3v) is 3.20. The van der Waals surface area contributed by atoms with Gasteiger partial charge in [0.1, 0.15) is 11.6 Å². The van der Waals surface area contributed by atoms with Crippen LogP contribution in [0, 0.1) is 11.6 Å². The highest BCUT2D eigenvalue weighted by molar-refractivity contribution is 5.78. The van der Waals surface area contributed by atoms with Crippen LogP contribution in [0.3, 0.4) is 0 Å². The van der Waals surface area contributed by atoms with Crippen molar-refractivity contribution < 1.29 is 18.3 Å². The zero-order valence-corrected chi connectivity index (χ0v) is 11.2. The van der Waals surface area contributed by atoms with E-state index in [0.29, 0.717) is 16.7 Å². The summed E-state index contributed by atoms with van der Waals surface area (Å²) in [6, 6.07) is 10.1. The van der Waals surface area contributed by atoms with E-state index in [-0.39, 0.29) is 5.82 Å². The van der Waals surface area contributed by atoms with Crippen LogP contribution in [0.25, 0.3) is 11.1 Å². The number of carbonyl (C=O) groups is 1. The number of carbonyl (C=O) groups excluding carboxylic acids is 1. The summed E-state index contributed by atoms with van der Waals surface area (Å²) < 4.78 is 31.6. The summed E-state index contributed by atoms with van der Waals surface area (Å²) in [5.74, 6) is -1.77. The lowest BCUT2D eigenvalue weighted by molar-refractivity contribution is -0.141. The molecule has 2 nitrogen and oxygen atoms in total. The maximum atomic E-state index is 14.1. The molecule has 1 unspecified atom stereocenters. The van der Waals surface area contributed by atoms with Crippen LogP contribution in [-0.2, 0) is 9.53 Å². The molecular formula is C16H14F2O2. The number of halogens is 2. The number of esters is 1. The van der Waals surface area contributed by atoms with Gasteiger partial charge in [0.25, 0.3) is 0 Å². The van der Waals surface area contributed by atoms with Crippen molar-refractivity contribution in [3.63, 3.8) is 0 Å². The van der Waals surface area contributed by atoms with Gasteiger partial charge in [0.2, 0.25) is 0 Å². The number of hydrogen-bond acceptors (Lipinski definition) is 2. The summed E-state index contributed by atoms with van der Waals surface area (Å²) in [7, 11) is 1.29. The van der Waals surface area contributed by atoms with E-state index in [1.807, 2.05) is 0 Å². The Kier molecular flexibility index (Phi) is 4.13. The molecule has 20 heavy (non-hydrogen) atoms. The van der Waals surface area contributed by atoms with Crippen LogP contribution in [-0.4, -0.2) is 13.1 Å². The van der Waals surface area contributed by atoms with Crippen molar-refractivity contribution in [1.82, 2.24) is 0 Å². The molecule has 0 saturated carbocycles. The molecule has 0 heterocycles. The molecule has 0 aliphatic heterocycles. The van der Waals surface area contributed by atoms with Crippen molar-refractivity contribution >= 4 is 5.97 Å². The Labute approximate surface area is 116 Å². The highest BCUT2D eigenvalue weighted by Gasteiger charge is 2.17. The van der Waals surface area contributed by atoms with Crippen LogP contribution in [0.4, 0.5) is 8.78 Å². The van der Waals surface area contributed by atoms with Gasteiger partial charge in [0.05, 0.1) is 13.0 Å². The van der Waals surface area contributed by atoms with Crippen molar-refractivity contribution in [2.75, 3.05) is 7.11 Å². The van der Waals surface area contributed by atoms with Crippen molar-refractivity contribution in [2.45, 2.75) is 12.8 Å². The van der Waals surface area contributed by atoms with Gasteiger partial charge in [-0.3, -0.25) is 4.79 Å². The van der Waals surface area contributed by atoms with Crippen LogP contribution in [0.5, 0.6) is 0 Å². The van der Waals surface area contributed by atoms with Gasteiger partial charge < -0.3 is 4.74 Å². The number of ether oxygens (including phenoxy) is 1. The number of methoxy groups -OCH3 is 1. The highest BCUT2D eigenvalue weighted by Crippen LogP contribution is 2.26. The molecule has 1 atom stereocenters. The van der Waals surface area contributed by atoms with Gasteiger partial charge in [-0.15, -0.1) is 0 Å². The molecule has 2 aromatic rings. The Morgan fingerprint density at radius 2 is 1.75 bits per heavy atom. The maximum Gasteiger partial charge on any atom is 0.312 e. The first-order valence-electron chi connectivity index (χ1n) is 6.16. The van der Waals surface area contributed by atoms with E-state index in [2.05, 4.69) is 4.74 Å². The molecule has 0 radical (unpaired) electrons. The zero-order chi connectivity index (χ0) is 14.7. The van der Waals surface area contributed by atoms with Crippen LogP contribution in [0.1, 0.15) is 18.4 Å². The fourth-order valence-corrected chi connectivity index (χ4v) is 1.98. The second kappa shape index (κ2) is 5.82. The summed E-state index contributed by atoms with van der Waals surface area (Å²) >= 11 is 0. The predicted octanol–water partition coefficient (Wildman–Crippen LogP) is 3.91. The Balaban J connectivity index is 2.35. The lowest BCUT2D eigenvalue weighted by atomic mass is 9.97. The molecule has 0 fully saturated rings. The minimum absolute atomic E-state index is 0.366. The minimum Gasteiger partial charge on any atom is -0.469 e. The predicted molar refractivity (Wildman–Crippen MR) is 72.2 cm³/mol. The monoisotopic (exact) mass is 275 g/mol. The molecule has 0 amide bonds. The molecule has 0 aromatic heterocycles. The largest absolute Gasteiger partial charge is 0.469 e. The lowest BCUT2D eigenvalue weighted by Gasteiger charge is -2.11. The van der Waals surface area contributed by atoms with Gasteiger partial charge in [0, 0.05) is 5.56 Å². The number of hydrogen-bond donors (Lipinski definition) is 0. The normalized spacial score (nSPS) is 12.0. The van der Waals surface area contributed by atoms with Gasteiger partial charge in [-0.25, -0.2) is 8.78 Å². The SMILES string of the molecule is COC(=O)C(C)c1ccc(-c2ccc([18F])cc2)c(F)c1. The molecule has 0 spiro atoms. The average molecular weight is 275 g/mol. The highest BCUT2D eigenvalue weighted by atomic mass is 19.1. The van der Waals surface area contributed by atoms with Crippen LogP contribution < -0.4 is 0 Å². The summed E-state index contributed by atoms with van der Waals surface area (Å²) in [6.45, 7) is 1.65. The van der Waals surface area contributed by atoms with Gasteiger partial charge in [-0.05, 0) is 36.2 Å². The van der Waals surface area contributed by atoms with E-state index in [4.69, 9.17) is 0 Å². The van der Waals surface area contributed by atoms with Crippen molar-refractivity contribution in [2.24, 2.45) is 0 Å². The van der Waals surface area contributed by atoms with Crippen LogP contribution in [0.15, 0.2) is 42.5 Å². The smallest absolute Gasteiger partial charge is 0.312 e. The molecule has 0 bridgehead atoms. The Morgan fingerprint density at radius 3 is 2.30 bits per heavy atom. The summed E-state index contributed by atoms with van der Waals surface area (Å²) in [5, 5.41) is 0. The van der Waals surface area contributed by atoms with Crippen molar-refractivity contribution in [3.05, 3.63) is 59.7 Å². The molecule has 4 heteroatoms. The van der Waals surface area contributed by atoms with E-state index >= 15 is 0 Å². The molecule has 2 aromatic carbocycles. The summed E-state index contributed by atoms with van der Waals surface area (Å²) in [4.78, 5) is 11.4. The second-order valence-corrected chi connectivity index (χ2v) is 4.49. The molecular weight excluding hydrogens is 261 g/mol. The van der Waals surface area contributed by atoms with Crippen molar-refractivity contribution in [3.8, 4) is 11.1 Å². The average Bonchev–Trinajstić information content (AvgIpc) is 2.46. The van der Waals surface area contributed by atoms with Crippen LogP contribution >= 0.6 is 0 Å². The second-order valence-electron chi connectivity index (χ2n) is 4.49. The molecule has 0 aliphatic carbocycles. The Morgan fingerprint density at radius 1 is 1.10 bits per heavy atom. The Hall–Kier alpha value is -2.23. The van der Waals surface area contributed by atoms with E-state index in [9.17, 15) is 13.6 Å². The van der Waals surface area contributed by atoms with Crippen LogP contribution in [0.2, 0.25) is 0 Å². The number of rotatable bonds is 3. The standard InChI is InChI=1S/C16H14F2O2/c1-10(16(19)20-2)12-5-8-14(15(18)9-12)11-3-6-13(17)7-4-11/h3-10H,1-2H3/i17-1. The third kappa shape index (κ3) is 2.85. The van der Waals surface area contributed by atoms with E-state index in [1.54, 1.807) is 19.1 Å². The topological polar surface area (TPSA) is 26.3 Å². The zero-order valence-electron chi connectivity index (χ0n) is 11.2. The first kappa shape index (κ1) is 14.2. The first-order valence-corrected chi connectivity index (χ1v) is 6.16. The van der Waals surface area contributed by atoms with E-state index < -0.39 is 17.7 Å². The molecule has 0 saturated heterocycles. The third-order valence-electron chi connectivity index (χ3n) is 3.20. The quantitative estimate of drug-likeness (QED) is 0.794. The van der Waals surface area contributed by atoms with Gasteiger partial charge in [-0.1, -0.05) is 24.3 Å². The molecule has 104 valence electrons. The summed E-state index contributed by atoms with van der Waals surface area (Å²) in [6.07, 6.45) is 0. The fourth-order valence-electron chi connectivity index (χ4n) is 1.98. The maximum absolute atomic E-state index is 14.1. The molecule has 0 aliphatic rings. The Bertz CT molecular complexity index is 621. The summed E-state index contributed by atoms with van der Waals surface area (Å²) in [5.41, 5.74) is 1.49. The van der Waals surface area contributed by atoms with Crippen molar-refractivity contribution in [1.29, 1.82) is 0 Å².